The Morgan fingerprint density at radius 1 is 1.44 bits per heavy atom. The number of nitrogens with two attached hydrogens (primary N) is 1. The van der Waals surface area contributed by atoms with Crippen molar-refractivity contribution in [3.8, 4) is 5.75 Å². The van der Waals surface area contributed by atoms with E-state index in [-0.39, 0.29) is 6.10 Å². The zero-order valence-corrected chi connectivity index (χ0v) is 12.8. The van der Waals surface area contributed by atoms with Gasteiger partial charge in [0.25, 0.3) is 0 Å². The number of rotatable bonds is 3. The second-order valence-corrected chi connectivity index (χ2v) is 5.89. The fourth-order valence-corrected chi connectivity index (χ4v) is 3.03. The monoisotopic (exact) mass is 328 g/mol. The summed E-state index contributed by atoms with van der Waals surface area (Å²) in [5, 5.41) is 0. The predicted octanol–water partition coefficient (Wildman–Crippen LogP) is 2.56. The molecule has 0 saturated carbocycles. The lowest BCUT2D eigenvalue weighted by molar-refractivity contribution is 0.114. The normalized spacial score (nSPS) is 17.7. The van der Waals surface area contributed by atoms with Crippen LogP contribution in [0, 0.1) is 0 Å². The summed E-state index contributed by atoms with van der Waals surface area (Å²) in [6, 6.07) is 5.80. The van der Waals surface area contributed by atoms with Gasteiger partial charge >= 0.3 is 0 Å². The van der Waals surface area contributed by atoms with Gasteiger partial charge in [-0.05, 0) is 48.0 Å². The van der Waals surface area contributed by atoms with Crippen molar-refractivity contribution in [3.05, 3.63) is 28.2 Å². The molecule has 18 heavy (non-hydrogen) atoms. The minimum absolute atomic E-state index is 0.253. The molecule has 0 atom stereocenters. The number of piperidine rings is 1. The number of hydrogen-bond donors (Lipinski definition) is 1. The quantitative estimate of drug-likeness (QED) is 0.865. The highest BCUT2D eigenvalue weighted by Gasteiger charge is 2.20. The van der Waals surface area contributed by atoms with E-state index in [0.29, 0.717) is 4.99 Å². The fraction of sp³-hybridized carbons (Fsp3) is 0.462. The number of halogens is 1. The Morgan fingerprint density at radius 3 is 2.72 bits per heavy atom. The summed E-state index contributed by atoms with van der Waals surface area (Å²) in [4.78, 5) is 2.68. The van der Waals surface area contributed by atoms with Gasteiger partial charge in [0.2, 0.25) is 0 Å². The summed E-state index contributed by atoms with van der Waals surface area (Å²) >= 11 is 8.55. The van der Waals surface area contributed by atoms with Crippen LogP contribution in [0.2, 0.25) is 0 Å². The summed E-state index contributed by atoms with van der Waals surface area (Å²) < 4.78 is 6.94. The lowest BCUT2D eigenvalue weighted by atomic mass is 10.1. The summed E-state index contributed by atoms with van der Waals surface area (Å²) in [5.41, 5.74) is 6.55. The Kier molecular flexibility index (Phi) is 4.59. The van der Waals surface area contributed by atoms with Gasteiger partial charge in [-0.1, -0.05) is 18.3 Å². The highest BCUT2D eigenvalue weighted by Crippen LogP contribution is 2.29. The number of hydrogen-bond acceptors (Lipinski definition) is 3. The van der Waals surface area contributed by atoms with Crippen LogP contribution in [0.15, 0.2) is 22.7 Å². The maximum absolute atomic E-state index is 6.05. The number of likely N-dealkylation sites (tertiary alicyclic amines) is 1. The van der Waals surface area contributed by atoms with Gasteiger partial charge in [-0.25, -0.2) is 0 Å². The van der Waals surface area contributed by atoms with Gasteiger partial charge in [-0.3, -0.25) is 0 Å². The summed E-state index contributed by atoms with van der Waals surface area (Å²) in [5.74, 6) is 0.784. The SMILES string of the molecule is CN1CCC(Oc2cccc(Br)c2C(N)=S)CC1. The minimum Gasteiger partial charge on any atom is -0.490 e. The van der Waals surface area contributed by atoms with Crippen LogP contribution in [0.5, 0.6) is 5.75 Å². The van der Waals surface area contributed by atoms with Crippen LogP contribution in [0.25, 0.3) is 0 Å². The molecule has 0 bridgehead atoms. The largest absolute Gasteiger partial charge is 0.490 e. The van der Waals surface area contributed by atoms with Crippen LogP contribution in [0.4, 0.5) is 0 Å². The molecule has 0 spiro atoms. The molecule has 1 heterocycles. The Hall–Kier alpha value is -0.650. The van der Waals surface area contributed by atoms with Crippen molar-refractivity contribution >= 4 is 33.1 Å². The molecule has 0 aromatic heterocycles. The first kappa shape index (κ1) is 13.8. The lowest BCUT2D eigenvalue weighted by Gasteiger charge is -2.30. The van der Waals surface area contributed by atoms with E-state index in [1.54, 1.807) is 0 Å². The fourth-order valence-electron chi connectivity index (χ4n) is 2.12. The third-order valence-corrected chi connectivity index (χ3v) is 4.05. The minimum atomic E-state index is 0.253. The topological polar surface area (TPSA) is 38.5 Å². The first-order valence-corrected chi connectivity index (χ1v) is 7.21. The average Bonchev–Trinajstić information content (AvgIpc) is 2.32. The van der Waals surface area contributed by atoms with Crippen molar-refractivity contribution in [2.75, 3.05) is 20.1 Å². The van der Waals surface area contributed by atoms with E-state index >= 15 is 0 Å². The molecule has 0 unspecified atom stereocenters. The van der Waals surface area contributed by atoms with Crippen molar-refractivity contribution < 1.29 is 4.74 Å². The standard InChI is InChI=1S/C13H17BrN2OS/c1-16-7-5-9(6-8-16)17-11-4-2-3-10(14)12(11)13(15)18/h2-4,9H,5-8H2,1H3,(H2,15,18). The van der Waals surface area contributed by atoms with Crippen molar-refractivity contribution in [1.29, 1.82) is 0 Å². The molecule has 1 fully saturated rings. The molecule has 1 aromatic rings. The molecule has 0 radical (unpaired) electrons. The molecule has 1 aliphatic heterocycles. The van der Waals surface area contributed by atoms with Crippen LogP contribution in [-0.2, 0) is 0 Å². The molecule has 2 N–H and O–H groups in total. The van der Waals surface area contributed by atoms with Crippen LogP contribution in [0.3, 0.4) is 0 Å². The predicted molar refractivity (Wildman–Crippen MR) is 81.2 cm³/mol. The van der Waals surface area contributed by atoms with Gasteiger partial charge in [-0.2, -0.15) is 0 Å². The summed E-state index contributed by atoms with van der Waals surface area (Å²) in [6.07, 6.45) is 2.34. The molecular formula is C13H17BrN2OS. The third kappa shape index (κ3) is 3.22. The van der Waals surface area contributed by atoms with Crippen LogP contribution >= 0.6 is 28.1 Å². The van der Waals surface area contributed by atoms with Gasteiger partial charge in [-0.15, -0.1) is 0 Å². The Morgan fingerprint density at radius 2 is 2.11 bits per heavy atom. The lowest BCUT2D eigenvalue weighted by Crippen LogP contribution is -2.36. The summed E-state index contributed by atoms with van der Waals surface area (Å²) in [6.45, 7) is 2.14. The van der Waals surface area contributed by atoms with E-state index in [2.05, 4.69) is 27.9 Å². The summed E-state index contributed by atoms with van der Waals surface area (Å²) in [7, 11) is 2.13. The maximum atomic E-state index is 6.05. The molecule has 0 aliphatic carbocycles. The Balaban J connectivity index is 2.14. The molecule has 2 rings (SSSR count). The van der Waals surface area contributed by atoms with E-state index in [4.69, 9.17) is 22.7 Å². The second kappa shape index (κ2) is 5.99. The second-order valence-electron chi connectivity index (χ2n) is 4.60. The van der Waals surface area contributed by atoms with Crippen molar-refractivity contribution in [2.24, 2.45) is 5.73 Å². The zero-order valence-electron chi connectivity index (χ0n) is 10.4. The molecular weight excluding hydrogens is 312 g/mol. The van der Waals surface area contributed by atoms with Gasteiger partial charge in [0, 0.05) is 17.6 Å². The number of ether oxygens (including phenoxy) is 1. The first-order chi connectivity index (χ1) is 8.58. The molecule has 3 nitrogen and oxygen atoms in total. The highest BCUT2D eigenvalue weighted by molar-refractivity contribution is 9.10. The molecule has 1 aromatic carbocycles. The molecule has 1 saturated heterocycles. The van der Waals surface area contributed by atoms with Crippen molar-refractivity contribution in [1.82, 2.24) is 4.90 Å². The molecule has 0 amide bonds. The number of thiocarbonyl (C=S) groups is 1. The van der Waals surface area contributed by atoms with Crippen LogP contribution in [0.1, 0.15) is 18.4 Å². The highest BCUT2D eigenvalue weighted by atomic mass is 79.9. The first-order valence-electron chi connectivity index (χ1n) is 6.01. The average molecular weight is 329 g/mol. The molecule has 98 valence electrons. The molecule has 1 aliphatic rings. The van der Waals surface area contributed by atoms with Gasteiger partial charge in [0.1, 0.15) is 16.8 Å². The van der Waals surface area contributed by atoms with E-state index < -0.39 is 0 Å². The van der Waals surface area contributed by atoms with Crippen LogP contribution in [-0.4, -0.2) is 36.1 Å². The van der Waals surface area contributed by atoms with E-state index in [1.165, 1.54) is 0 Å². The van der Waals surface area contributed by atoms with Gasteiger partial charge in [0.05, 0.1) is 5.56 Å². The third-order valence-electron chi connectivity index (χ3n) is 3.18. The molecule has 5 heteroatoms. The Bertz CT molecular complexity index is 445. The van der Waals surface area contributed by atoms with E-state index in [9.17, 15) is 0 Å². The van der Waals surface area contributed by atoms with Crippen molar-refractivity contribution in [2.45, 2.75) is 18.9 Å². The number of benzene rings is 1. The van der Waals surface area contributed by atoms with E-state index in [0.717, 1.165) is 41.7 Å². The smallest absolute Gasteiger partial charge is 0.131 e. The zero-order chi connectivity index (χ0) is 13.1. The van der Waals surface area contributed by atoms with E-state index in [1.807, 2.05) is 18.2 Å². The van der Waals surface area contributed by atoms with Crippen molar-refractivity contribution in [3.63, 3.8) is 0 Å². The van der Waals surface area contributed by atoms with Crippen LogP contribution < -0.4 is 10.5 Å². The number of nitrogens with zero attached hydrogens (tertiary/aromatic N) is 1. The maximum Gasteiger partial charge on any atom is 0.131 e. The Labute approximate surface area is 121 Å². The van der Waals surface area contributed by atoms with Gasteiger partial charge < -0.3 is 15.4 Å². The van der Waals surface area contributed by atoms with Gasteiger partial charge in [0.15, 0.2) is 0 Å².